The maximum Gasteiger partial charge on any atom is 0.261 e. The summed E-state index contributed by atoms with van der Waals surface area (Å²) in [7, 11) is 0. The number of hydrogen-bond donors (Lipinski definition) is 1. The number of carbonyl (C=O) groups excluding carboxylic acids is 3. The monoisotopic (exact) mass is 413 g/mol. The zero-order valence-electron chi connectivity index (χ0n) is 16.0. The van der Waals surface area contributed by atoms with Gasteiger partial charge in [-0.25, -0.2) is 0 Å². The summed E-state index contributed by atoms with van der Waals surface area (Å²) < 4.78 is 0. The number of rotatable bonds is 4. The Morgan fingerprint density at radius 2 is 1.72 bits per heavy atom. The number of amides is 3. The molecule has 152 valence electrons. The summed E-state index contributed by atoms with van der Waals surface area (Å²) in [6.45, 7) is 1.32. The number of nitrogens with zero attached hydrogens (tertiary/aromatic N) is 2. The quantitative estimate of drug-likeness (QED) is 0.781. The molecule has 1 saturated heterocycles. The van der Waals surface area contributed by atoms with Crippen molar-refractivity contribution in [2.24, 2.45) is 5.73 Å². The van der Waals surface area contributed by atoms with Gasteiger partial charge in [-0.3, -0.25) is 19.3 Å². The van der Waals surface area contributed by atoms with E-state index in [0.29, 0.717) is 29.8 Å². The molecule has 1 atom stereocenters. The van der Waals surface area contributed by atoms with Gasteiger partial charge < -0.3 is 10.6 Å². The van der Waals surface area contributed by atoms with Gasteiger partial charge in [0, 0.05) is 24.7 Å². The number of hydrogen-bond acceptors (Lipinski definition) is 4. The minimum Gasteiger partial charge on any atom is -0.334 e. The average Bonchev–Trinajstić information content (AvgIpc) is 2.98. The largest absolute Gasteiger partial charge is 0.334 e. The Bertz CT molecular complexity index is 932. The Morgan fingerprint density at radius 3 is 2.45 bits per heavy atom. The van der Waals surface area contributed by atoms with Crippen LogP contribution in [-0.4, -0.2) is 46.7 Å². The SMILES string of the molecule is Cl.NCC1CCCCN1C(=O)c1ccc2c(c1)C(=O)N(Cc1ccccc1)C2=O. The fourth-order valence-corrected chi connectivity index (χ4v) is 4.01. The molecule has 2 aliphatic rings. The highest BCUT2D eigenvalue weighted by Crippen LogP contribution is 2.27. The van der Waals surface area contributed by atoms with Gasteiger partial charge in [0.15, 0.2) is 0 Å². The first kappa shape index (κ1) is 21.0. The van der Waals surface area contributed by atoms with Crippen molar-refractivity contribution in [2.45, 2.75) is 31.8 Å². The number of likely N-dealkylation sites (tertiary alicyclic amines) is 1. The molecule has 3 amide bonds. The van der Waals surface area contributed by atoms with Crippen molar-refractivity contribution in [2.75, 3.05) is 13.1 Å². The Labute approximate surface area is 176 Å². The molecular weight excluding hydrogens is 390 g/mol. The minimum absolute atomic E-state index is 0. The lowest BCUT2D eigenvalue weighted by Gasteiger charge is -2.35. The van der Waals surface area contributed by atoms with Crippen LogP contribution in [0.1, 0.15) is 55.9 Å². The van der Waals surface area contributed by atoms with E-state index in [-0.39, 0.29) is 42.7 Å². The van der Waals surface area contributed by atoms with Gasteiger partial charge in [0.25, 0.3) is 17.7 Å². The van der Waals surface area contributed by atoms with Crippen LogP contribution in [-0.2, 0) is 6.54 Å². The van der Waals surface area contributed by atoms with E-state index in [1.165, 1.54) is 4.90 Å². The van der Waals surface area contributed by atoms with Crippen molar-refractivity contribution in [1.82, 2.24) is 9.80 Å². The normalized spacial score (nSPS) is 18.4. The van der Waals surface area contributed by atoms with E-state index >= 15 is 0 Å². The maximum absolute atomic E-state index is 13.0. The Hall–Kier alpha value is -2.70. The van der Waals surface area contributed by atoms with Crippen LogP contribution in [0.15, 0.2) is 48.5 Å². The van der Waals surface area contributed by atoms with E-state index < -0.39 is 0 Å². The molecular formula is C22H24ClN3O3. The van der Waals surface area contributed by atoms with Gasteiger partial charge in [0.05, 0.1) is 17.7 Å². The summed E-state index contributed by atoms with van der Waals surface area (Å²) in [5.74, 6) is -0.798. The van der Waals surface area contributed by atoms with Crippen molar-refractivity contribution < 1.29 is 14.4 Å². The summed E-state index contributed by atoms with van der Waals surface area (Å²) >= 11 is 0. The zero-order chi connectivity index (χ0) is 19.7. The molecule has 2 aromatic rings. The third-order valence-corrected chi connectivity index (χ3v) is 5.56. The molecule has 0 saturated carbocycles. The second-order valence-corrected chi connectivity index (χ2v) is 7.33. The molecule has 0 aromatic heterocycles. The first-order valence-corrected chi connectivity index (χ1v) is 9.65. The van der Waals surface area contributed by atoms with Crippen molar-refractivity contribution in [3.05, 3.63) is 70.8 Å². The highest BCUT2D eigenvalue weighted by Gasteiger charge is 2.36. The predicted octanol–water partition coefficient (Wildman–Crippen LogP) is 2.86. The number of halogens is 1. The lowest BCUT2D eigenvalue weighted by molar-refractivity contribution is 0.0621. The molecule has 1 fully saturated rings. The third kappa shape index (κ3) is 3.91. The Morgan fingerprint density at radius 1 is 1.00 bits per heavy atom. The van der Waals surface area contributed by atoms with Crippen molar-refractivity contribution in [3.8, 4) is 0 Å². The van der Waals surface area contributed by atoms with E-state index in [1.54, 1.807) is 23.1 Å². The van der Waals surface area contributed by atoms with E-state index in [4.69, 9.17) is 5.73 Å². The number of piperidine rings is 1. The average molecular weight is 414 g/mol. The molecule has 0 aliphatic carbocycles. The predicted molar refractivity (Wildman–Crippen MR) is 112 cm³/mol. The summed E-state index contributed by atoms with van der Waals surface area (Å²) in [5.41, 5.74) is 7.80. The van der Waals surface area contributed by atoms with Gasteiger partial charge in [-0.15, -0.1) is 12.4 Å². The Balaban J connectivity index is 0.00000240. The molecule has 6 nitrogen and oxygen atoms in total. The highest BCUT2D eigenvalue weighted by molar-refractivity contribution is 6.22. The molecule has 2 aliphatic heterocycles. The minimum atomic E-state index is -0.354. The van der Waals surface area contributed by atoms with Crippen LogP contribution in [0.4, 0.5) is 0 Å². The molecule has 2 N–H and O–H groups in total. The summed E-state index contributed by atoms with van der Waals surface area (Å²) in [4.78, 5) is 41.6. The fraction of sp³-hybridized carbons (Fsp3) is 0.318. The van der Waals surface area contributed by atoms with Crippen LogP contribution in [0.2, 0.25) is 0 Å². The molecule has 0 spiro atoms. The lowest BCUT2D eigenvalue weighted by Crippen LogP contribution is -2.47. The summed E-state index contributed by atoms with van der Waals surface area (Å²) in [6, 6.07) is 14.2. The highest BCUT2D eigenvalue weighted by atomic mass is 35.5. The maximum atomic E-state index is 13.0. The smallest absolute Gasteiger partial charge is 0.261 e. The number of fused-ring (bicyclic) bond motifs is 1. The van der Waals surface area contributed by atoms with Crippen LogP contribution >= 0.6 is 12.4 Å². The summed E-state index contributed by atoms with van der Waals surface area (Å²) in [5, 5.41) is 0. The number of imide groups is 1. The zero-order valence-corrected chi connectivity index (χ0v) is 16.9. The number of carbonyl (C=O) groups is 3. The van der Waals surface area contributed by atoms with Gasteiger partial charge >= 0.3 is 0 Å². The first-order valence-electron chi connectivity index (χ1n) is 9.65. The molecule has 1 unspecified atom stereocenters. The van der Waals surface area contributed by atoms with Crippen molar-refractivity contribution >= 4 is 30.1 Å². The van der Waals surface area contributed by atoms with Gasteiger partial charge in [-0.2, -0.15) is 0 Å². The molecule has 2 aromatic carbocycles. The second-order valence-electron chi connectivity index (χ2n) is 7.33. The van der Waals surface area contributed by atoms with Crippen LogP contribution < -0.4 is 5.73 Å². The topological polar surface area (TPSA) is 83.7 Å². The van der Waals surface area contributed by atoms with E-state index in [0.717, 1.165) is 24.8 Å². The lowest BCUT2D eigenvalue weighted by atomic mass is 9.99. The van der Waals surface area contributed by atoms with E-state index in [9.17, 15) is 14.4 Å². The van der Waals surface area contributed by atoms with Gasteiger partial charge in [0.2, 0.25) is 0 Å². The van der Waals surface area contributed by atoms with Gasteiger partial charge in [-0.05, 0) is 43.0 Å². The van der Waals surface area contributed by atoms with E-state index in [2.05, 4.69) is 0 Å². The molecule has 7 heteroatoms. The number of nitrogens with two attached hydrogens (primary N) is 1. The van der Waals surface area contributed by atoms with Crippen LogP contribution in [0, 0.1) is 0 Å². The van der Waals surface area contributed by atoms with Gasteiger partial charge in [-0.1, -0.05) is 30.3 Å². The second kappa shape index (κ2) is 8.76. The molecule has 0 radical (unpaired) electrons. The number of benzene rings is 2. The van der Waals surface area contributed by atoms with Crippen LogP contribution in [0.3, 0.4) is 0 Å². The van der Waals surface area contributed by atoms with Gasteiger partial charge in [0.1, 0.15) is 0 Å². The van der Waals surface area contributed by atoms with Crippen molar-refractivity contribution in [1.29, 1.82) is 0 Å². The standard InChI is InChI=1S/C22H23N3O3.ClH/c23-13-17-8-4-5-11-24(17)20(26)16-9-10-18-19(12-16)22(28)25(21(18)27)14-15-6-2-1-3-7-15;/h1-3,6-7,9-10,12,17H,4-5,8,11,13-14,23H2;1H. The first-order chi connectivity index (χ1) is 13.6. The molecule has 29 heavy (non-hydrogen) atoms. The van der Waals surface area contributed by atoms with Crippen molar-refractivity contribution in [3.63, 3.8) is 0 Å². The van der Waals surface area contributed by atoms with Crippen LogP contribution in [0.5, 0.6) is 0 Å². The molecule has 4 rings (SSSR count). The fourth-order valence-electron chi connectivity index (χ4n) is 4.01. The molecule has 2 heterocycles. The van der Waals surface area contributed by atoms with E-state index in [1.807, 2.05) is 30.3 Å². The summed E-state index contributed by atoms with van der Waals surface area (Å²) in [6.07, 6.45) is 2.92. The third-order valence-electron chi connectivity index (χ3n) is 5.56. The Kier molecular flexibility index (Phi) is 6.35. The van der Waals surface area contributed by atoms with Crippen LogP contribution in [0.25, 0.3) is 0 Å². The molecule has 0 bridgehead atoms.